The average Bonchev–Trinajstić information content (AvgIpc) is 2.82. The van der Waals surface area contributed by atoms with E-state index in [0.717, 1.165) is 0 Å². The van der Waals surface area contributed by atoms with Crippen molar-refractivity contribution in [3.05, 3.63) is 0 Å². The summed E-state index contributed by atoms with van der Waals surface area (Å²) < 4.78 is 22.0. The Morgan fingerprint density at radius 3 is 1.50 bits per heavy atom. The lowest BCUT2D eigenvalue weighted by molar-refractivity contribution is -0.325. The maximum atomic E-state index is 11.0. The lowest BCUT2D eigenvalue weighted by Gasteiger charge is -2.49. The molecule has 0 amide bonds. The normalized spacial score (nSPS) is 54.7. The zero-order chi connectivity index (χ0) is 25.5. The second kappa shape index (κ2) is 11.2. The molecular formula is C18H36N4O12. The van der Waals surface area contributed by atoms with E-state index < -0.39 is 111 Å². The van der Waals surface area contributed by atoms with E-state index in [2.05, 4.69) is 0 Å². The van der Waals surface area contributed by atoms with Crippen LogP contribution in [0.1, 0.15) is 0 Å². The van der Waals surface area contributed by atoms with Gasteiger partial charge in [-0.1, -0.05) is 0 Å². The largest absolute Gasteiger partial charge is 0.394 e. The van der Waals surface area contributed by atoms with Crippen molar-refractivity contribution < 1.29 is 59.8 Å². The summed E-state index contributed by atoms with van der Waals surface area (Å²) in [6.07, 6.45) is -17.5. The van der Waals surface area contributed by atoms with Crippen molar-refractivity contribution in [3.63, 3.8) is 0 Å². The summed E-state index contributed by atoms with van der Waals surface area (Å²) in [6.45, 7) is -1.31. The van der Waals surface area contributed by atoms with Gasteiger partial charge in [-0.2, -0.15) is 0 Å². The predicted molar refractivity (Wildman–Crippen MR) is 109 cm³/mol. The highest BCUT2D eigenvalue weighted by Gasteiger charge is 2.54. The Morgan fingerprint density at radius 1 is 0.500 bits per heavy atom. The maximum absolute atomic E-state index is 11.0. The van der Waals surface area contributed by atoms with Gasteiger partial charge in [0.2, 0.25) is 0 Å². The van der Waals surface area contributed by atoms with Gasteiger partial charge in [-0.15, -0.1) is 0 Å². The summed E-state index contributed by atoms with van der Waals surface area (Å²) in [7, 11) is 0. The fourth-order valence-corrected chi connectivity index (χ4v) is 4.39. The van der Waals surface area contributed by atoms with Crippen LogP contribution in [-0.4, -0.2) is 152 Å². The van der Waals surface area contributed by atoms with Crippen LogP contribution in [0.5, 0.6) is 0 Å². The predicted octanol–water partition coefficient (Wildman–Crippen LogP) is -8.32. The van der Waals surface area contributed by atoms with Crippen LogP contribution in [0, 0.1) is 0 Å². The van der Waals surface area contributed by atoms with Gasteiger partial charge < -0.3 is 82.7 Å². The van der Waals surface area contributed by atoms with Crippen molar-refractivity contribution in [2.75, 3.05) is 13.2 Å². The van der Waals surface area contributed by atoms with Crippen LogP contribution in [0.2, 0.25) is 0 Å². The molecule has 16 N–H and O–H groups in total. The molecule has 16 atom stereocenters. The van der Waals surface area contributed by atoms with Crippen LogP contribution in [0.25, 0.3) is 0 Å². The molecule has 0 aromatic carbocycles. The monoisotopic (exact) mass is 500 g/mol. The van der Waals surface area contributed by atoms with Crippen molar-refractivity contribution in [2.24, 2.45) is 22.9 Å². The van der Waals surface area contributed by atoms with Gasteiger partial charge in [0.05, 0.1) is 43.5 Å². The summed E-state index contributed by atoms with van der Waals surface area (Å²) in [5.41, 5.74) is 23.6. The second-order valence-corrected chi connectivity index (χ2v) is 8.91. The van der Waals surface area contributed by atoms with E-state index in [1.807, 2.05) is 0 Å². The van der Waals surface area contributed by atoms with E-state index in [-0.39, 0.29) is 0 Å². The molecule has 3 aliphatic rings. The highest BCUT2D eigenvalue weighted by atomic mass is 16.7. The molecule has 34 heavy (non-hydrogen) atoms. The molecule has 0 spiro atoms. The topological polar surface area (TPSA) is 303 Å². The molecule has 0 aromatic rings. The van der Waals surface area contributed by atoms with Gasteiger partial charge in [-0.25, -0.2) is 0 Å². The quantitative estimate of drug-likeness (QED) is 0.161. The second-order valence-electron chi connectivity index (χ2n) is 8.91. The van der Waals surface area contributed by atoms with Crippen LogP contribution in [0.3, 0.4) is 0 Å². The molecule has 2 saturated heterocycles. The summed E-state index contributed by atoms with van der Waals surface area (Å²) >= 11 is 0. The summed E-state index contributed by atoms with van der Waals surface area (Å²) in [4.78, 5) is 0. The first kappa shape index (κ1) is 27.9. The molecule has 3 rings (SSSR count). The van der Waals surface area contributed by atoms with E-state index in [0.29, 0.717) is 0 Å². The molecule has 2 aliphatic heterocycles. The maximum Gasteiger partial charge on any atom is 0.186 e. The van der Waals surface area contributed by atoms with Crippen molar-refractivity contribution in [2.45, 2.75) is 97.8 Å². The molecule has 16 unspecified atom stereocenters. The SMILES string of the molecule is NC1C(O)C(CO)OC(OC2C(N)C(O)C(N)C(OC3OC(CO)C(O)C(O)C3N)C2O)C1O. The standard InChI is InChI=1S/C18H36N4O12/c19-5-9(25)3(1-23)32-18(13(5)29)34-16-7(21)11(27)6(20)15(14(16)30)33-17-8(22)12(28)10(26)4(2-24)31-17/h3-18,23-30H,1-2,19-22H2. The van der Waals surface area contributed by atoms with Crippen LogP contribution in [0.4, 0.5) is 0 Å². The first-order chi connectivity index (χ1) is 15.9. The van der Waals surface area contributed by atoms with Gasteiger partial charge in [0.25, 0.3) is 0 Å². The zero-order valence-electron chi connectivity index (χ0n) is 18.2. The van der Waals surface area contributed by atoms with Crippen LogP contribution in [-0.2, 0) is 18.9 Å². The molecule has 1 aliphatic carbocycles. The molecule has 0 aromatic heterocycles. The molecule has 0 bridgehead atoms. The summed E-state index contributed by atoms with van der Waals surface area (Å²) in [5.74, 6) is 0. The van der Waals surface area contributed by atoms with E-state index in [4.69, 9.17) is 41.9 Å². The minimum Gasteiger partial charge on any atom is -0.394 e. The van der Waals surface area contributed by atoms with Gasteiger partial charge >= 0.3 is 0 Å². The molecule has 16 heteroatoms. The molecule has 0 radical (unpaired) electrons. The first-order valence-electron chi connectivity index (χ1n) is 10.9. The number of aliphatic hydroxyl groups is 8. The smallest absolute Gasteiger partial charge is 0.186 e. The Kier molecular flexibility index (Phi) is 9.18. The number of hydrogen-bond donors (Lipinski definition) is 12. The zero-order valence-corrected chi connectivity index (χ0v) is 18.2. The van der Waals surface area contributed by atoms with Crippen molar-refractivity contribution in [3.8, 4) is 0 Å². The van der Waals surface area contributed by atoms with Gasteiger partial charge in [0.15, 0.2) is 12.6 Å². The lowest BCUT2D eigenvalue weighted by Crippen LogP contribution is -2.73. The molecule has 1 saturated carbocycles. The summed E-state index contributed by atoms with van der Waals surface area (Å²) in [6, 6.07) is -5.15. The number of nitrogens with two attached hydrogens (primary N) is 4. The van der Waals surface area contributed by atoms with Gasteiger partial charge in [-0.3, -0.25) is 0 Å². The fourth-order valence-electron chi connectivity index (χ4n) is 4.39. The molecule has 2 heterocycles. The van der Waals surface area contributed by atoms with E-state index in [1.54, 1.807) is 0 Å². The van der Waals surface area contributed by atoms with Crippen molar-refractivity contribution in [1.82, 2.24) is 0 Å². The number of rotatable bonds is 6. The minimum atomic E-state index is -1.66. The lowest BCUT2D eigenvalue weighted by atomic mass is 9.82. The van der Waals surface area contributed by atoms with E-state index in [9.17, 15) is 40.9 Å². The molecular weight excluding hydrogens is 464 g/mol. The minimum absolute atomic E-state index is 0.642. The van der Waals surface area contributed by atoms with Gasteiger partial charge in [0.1, 0.15) is 54.9 Å². The number of aliphatic hydroxyl groups excluding tert-OH is 8. The highest BCUT2D eigenvalue weighted by Crippen LogP contribution is 2.31. The number of hydrogen-bond acceptors (Lipinski definition) is 16. The van der Waals surface area contributed by atoms with E-state index >= 15 is 0 Å². The Balaban J connectivity index is 1.77. The van der Waals surface area contributed by atoms with Crippen molar-refractivity contribution >= 4 is 0 Å². The van der Waals surface area contributed by atoms with Gasteiger partial charge in [-0.05, 0) is 0 Å². The molecule has 3 fully saturated rings. The first-order valence-corrected chi connectivity index (χ1v) is 10.9. The Hall–Kier alpha value is -0.640. The summed E-state index contributed by atoms with van der Waals surface area (Å²) in [5, 5.41) is 80.7. The molecule has 200 valence electrons. The fraction of sp³-hybridized carbons (Fsp3) is 1.00. The Morgan fingerprint density at radius 2 is 0.971 bits per heavy atom. The average molecular weight is 501 g/mol. The van der Waals surface area contributed by atoms with Crippen LogP contribution >= 0.6 is 0 Å². The Bertz CT molecular complexity index is 612. The van der Waals surface area contributed by atoms with Crippen molar-refractivity contribution in [1.29, 1.82) is 0 Å². The third-order valence-electron chi connectivity index (χ3n) is 6.67. The highest BCUT2D eigenvalue weighted by molar-refractivity contribution is 5.06. The Labute approximate surface area is 194 Å². The third kappa shape index (κ3) is 5.09. The third-order valence-corrected chi connectivity index (χ3v) is 6.67. The van der Waals surface area contributed by atoms with Gasteiger partial charge in [0, 0.05) is 0 Å². The van der Waals surface area contributed by atoms with Crippen LogP contribution in [0.15, 0.2) is 0 Å². The molecule has 16 nitrogen and oxygen atoms in total. The number of ether oxygens (including phenoxy) is 4. The van der Waals surface area contributed by atoms with E-state index in [1.165, 1.54) is 0 Å². The van der Waals surface area contributed by atoms with Crippen LogP contribution < -0.4 is 22.9 Å².